The predicted octanol–water partition coefficient (Wildman–Crippen LogP) is 0.498. The van der Waals surface area contributed by atoms with E-state index in [9.17, 15) is 0 Å². The van der Waals surface area contributed by atoms with E-state index >= 15 is 0 Å². The molecule has 16 heavy (non-hydrogen) atoms. The van der Waals surface area contributed by atoms with Gasteiger partial charge >= 0.3 is 0 Å². The van der Waals surface area contributed by atoms with Crippen LogP contribution in [0.4, 0.5) is 11.6 Å². The lowest BCUT2D eigenvalue weighted by Gasteiger charge is -2.22. The van der Waals surface area contributed by atoms with Crippen LogP contribution in [0.15, 0.2) is 6.33 Å². The number of methoxy groups -OCH3 is 1. The zero-order valence-corrected chi connectivity index (χ0v) is 9.82. The summed E-state index contributed by atoms with van der Waals surface area (Å²) >= 11 is 0. The molecule has 0 fully saturated rings. The van der Waals surface area contributed by atoms with Gasteiger partial charge in [0, 0.05) is 18.6 Å². The van der Waals surface area contributed by atoms with Crippen molar-refractivity contribution in [2.45, 2.75) is 13.8 Å². The van der Waals surface area contributed by atoms with Crippen molar-refractivity contribution in [2.24, 2.45) is 5.41 Å². The summed E-state index contributed by atoms with van der Waals surface area (Å²) in [5, 5.41) is 12.2. The van der Waals surface area contributed by atoms with Crippen LogP contribution in [0, 0.1) is 5.41 Å². The summed E-state index contributed by atoms with van der Waals surface area (Å²) in [6.07, 6.45) is 1.37. The number of nitrogen functional groups attached to an aromatic ring is 1. The van der Waals surface area contributed by atoms with Gasteiger partial charge in [0.1, 0.15) is 6.33 Å². The maximum Gasteiger partial charge on any atom is 0.203 e. The zero-order valence-electron chi connectivity index (χ0n) is 9.82. The molecule has 0 bridgehead atoms. The van der Waals surface area contributed by atoms with Gasteiger partial charge in [-0.25, -0.2) is 9.97 Å². The summed E-state index contributed by atoms with van der Waals surface area (Å²) < 4.78 is 5.10. The lowest BCUT2D eigenvalue weighted by Crippen LogP contribution is -2.27. The minimum absolute atomic E-state index is 0.0862. The third-order valence-corrected chi connectivity index (χ3v) is 2.20. The summed E-state index contributed by atoms with van der Waals surface area (Å²) in [7, 11) is 1.51. The van der Waals surface area contributed by atoms with E-state index in [0.717, 1.165) is 0 Å². The molecule has 1 rings (SSSR count). The molecule has 0 aromatic carbocycles. The standard InChI is InChI=1S/C10H18N4O2/c1-10(2,5-15)4-12-9-7(16-3)8(11)13-6-14-9/h6,15H,4-5H2,1-3H3,(H3,11,12,13,14). The fourth-order valence-corrected chi connectivity index (χ4v) is 1.09. The quantitative estimate of drug-likeness (QED) is 0.677. The Morgan fingerprint density at radius 2 is 2.19 bits per heavy atom. The summed E-state index contributed by atoms with van der Waals surface area (Å²) in [4.78, 5) is 7.87. The van der Waals surface area contributed by atoms with E-state index in [4.69, 9.17) is 15.6 Å². The Kier molecular flexibility index (Phi) is 3.89. The summed E-state index contributed by atoms with van der Waals surface area (Å²) in [6.45, 7) is 4.53. The predicted molar refractivity (Wildman–Crippen MR) is 62.4 cm³/mol. The van der Waals surface area contributed by atoms with E-state index in [1.165, 1.54) is 13.4 Å². The van der Waals surface area contributed by atoms with E-state index in [-0.39, 0.29) is 12.0 Å². The molecule has 6 nitrogen and oxygen atoms in total. The molecule has 0 saturated carbocycles. The smallest absolute Gasteiger partial charge is 0.203 e. The third kappa shape index (κ3) is 2.96. The second-order valence-electron chi connectivity index (χ2n) is 4.32. The number of nitrogens with two attached hydrogens (primary N) is 1. The van der Waals surface area contributed by atoms with E-state index in [1.807, 2.05) is 13.8 Å². The highest BCUT2D eigenvalue weighted by Gasteiger charge is 2.18. The highest BCUT2D eigenvalue weighted by Crippen LogP contribution is 2.27. The lowest BCUT2D eigenvalue weighted by atomic mass is 9.95. The largest absolute Gasteiger partial charge is 0.490 e. The molecule has 0 aliphatic heterocycles. The molecule has 1 aromatic rings. The molecule has 0 aliphatic carbocycles. The number of nitrogens with one attached hydrogen (secondary N) is 1. The summed E-state index contributed by atoms with van der Waals surface area (Å²) in [5.74, 6) is 1.26. The van der Waals surface area contributed by atoms with Gasteiger partial charge in [-0.1, -0.05) is 13.8 Å². The third-order valence-electron chi connectivity index (χ3n) is 2.20. The Morgan fingerprint density at radius 1 is 1.50 bits per heavy atom. The van der Waals surface area contributed by atoms with Crippen molar-refractivity contribution < 1.29 is 9.84 Å². The molecule has 6 heteroatoms. The fraction of sp³-hybridized carbons (Fsp3) is 0.600. The number of hydrogen-bond acceptors (Lipinski definition) is 6. The van der Waals surface area contributed by atoms with Gasteiger partial charge in [-0.2, -0.15) is 0 Å². The van der Waals surface area contributed by atoms with Crippen molar-refractivity contribution in [1.29, 1.82) is 0 Å². The van der Waals surface area contributed by atoms with Crippen molar-refractivity contribution >= 4 is 11.6 Å². The summed E-state index contributed by atoms with van der Waals surface area (Å²) in [5.41, 5.74) is 5.41. The molecule has 0 saturated heterocycles. The molecule has 0 radical (unpaired) electrons. The van der Waals surface area contributed by atoms with Gasteiger partial charge in [0.15, 0.2) is 11.6 Å². The Morgan fingerprint density at radius 3 is 2.75 bits per heavy atom. The van der Waals surface area contributed by atoms with Crippen LogP contribution < -0.4 is 15.8 Å². The number of ether oxygens (including phenoxy) is 1. The number of aliphatic hydroxyl groups excluding tert-OH is 1. The number of anilines is 2. The molecule has 90 valence electrons. The molecule has 0 aliphatic rings. The molecule has 0 unspecified atom stereocenters. The van der Waals surface area contributed by atoms with Crippen LogP contribution >= 0.6 is 0 Å². The molecule has 0 atom stereocenters. The van der Waals surface area contributed by atoms with Gasteiger partial charge in [0.2, 0.25) is 5.75 Å². The van der Waals surface area contributed by atoms with Crippen LogP contribution in [0.3, 0.4) is 0 Å². The average molecular weight is 226 g/mol. The van der Waals surface area contributed by atoms with Gasteiger partial charge in [0.05, 0.1) is 7.11 Å². The molecule has 4 N–H and O–H groups in total. The van der Waals surface area contributed by atoms with E-state index in [1.54, 1.807) is 0 Å². The van der Waals surface area contributed by atoms with Crippen LogP contribution in [-0.2, 0) is 0 Å². The molecule has 1 aromatic heterocycles. The Bertz CT molecular complexity index is 355. The SMILES string of the molecule is COc1c(N)ncnc1NCC(C)(C)CO. The second kappa shape index (κ2) is 4.98. The Balaban J connectivity index is 2.78. The topological polar surface area (TPSA) is 93.3 Å². The first-order valence-electron chi connectivity index (χ1n) is 4.99. The lowest BCUT2D eigenvalue weighted by molar-refractivity contribution is 0.170. The number of aromatic nitrogens is 2. The summed E-state index contributed by atoms with van der Waals surface area (Å²) in [6, 6.07) is 0. The molecular weight excluding hydrogens is 208 g/mol. The van der Waals surface area contributed by atoms with Crippen LogP contribution in [-0.4, -0.2) is 35.3 Å². The maximum atomic E-state index is 9.12. The van der Waals surface area contributed by atoms with E-state index < -0.39 is 0 Å². The van der Waals surface area contributed by atoms with E-state index in [0.29, 0.717) is 23.9 Å². The zero-order chi connectivity index (χ0) is 12.2. The molecule has 0 amide bonds. The van der Waals surface area contributed by atoms with Gasteiger partial charge in [-0.05, 0) is 0 Å². The fourth-order valence-electron chi connectivity index (χ4n) is 1.09. The van der Waals surface area contributed by atoms with Crippen molar-refractivity contribution in [2.75, 3.05) is 31.3 Å². The monoisotopic (exact) mass is 226 g/mol. The number of rotatable bonds is 5. The normalized spacial score (nSPS) is 11.2. The minimum Gasteiger partial charge on any atom is -0.490 e. The van der Waals surface area contributed by atoms with Crippen molar-refractivity contribution in [3.63, 3.8) is 0 Å². The highest BCUT2D eigenvalue weighted by molar-refractivity contribution is 5.61. The van der Waals surface area contributed by atoms with Crippen LogP contribution in [0.5, 0.6) is 5.75 Å². The van der Waals surface area contributed by atoms with Crippen LogP contribution in [0.1, 0.15) is 13.8 Å². The van der Waals surface area contributed by atoms with Gasteiger partial charge < -0.3 is 20.9 Å². The Hall–Kier alpha value is -1.56. The minimum atomic E-state index is -0.231. The second-order valence-corrected chi connectivity index (χ2v) is 4.32. The van der Waals surface area contributed by atoms with Gasteiger partial charge in [0.25, 0.3) is 0 Å². The first-order chi connectivity index (χ1) is 7.50. The average Bonchev–Trinajstić information content (AvgIpc) is 2.26. The number of nitrogens with zero attached hydrogens (tertiary/aromatic N) is 2. The van der Waals surface area contributed by atoms with E-state index in [2.05, 4.69) is 15.3 Å². The van der Waals surface area contributed by atoms with Gasteiger partial charge in [-0.3, -0.25) is 0 Å². The van der Waals surface area contributed by atoms with Crippen LogP contribution in [0.25, 0.3) is 0 Å². The van der Waals surface area contributed by atoms with Crippen molar-refractivity contribution in [3.05, 3.63) is 6.33 Å². The molecule has 0 spiro atoms. The van der Waals surface area contributed by atoms with Crippen molar-refractivity contribution in [3.8, 4) is 5.75 Å². The van der Waals surface area contributed by atoms with Crippen LogP contribution in [0.2, 0.25) is 0 Å². The molecular formula is C10H18N4O2. The highest BCUT2D eigenvalue weighted by atomic mass is 16.5. The number of aliphatic hydroxyl groups is 1. The maximum absolute atomic E-state index is 9.12. The Labute approximate surface area is 94.9 Å². The van der Waals surface area contributed by atoms with Gasteiger partial charge in [-0.15, -0.1) is 0 Å². The van der Waals surface area contributed by atoms with Crippen molar-refractivity contribution in [1.82, 2.24) is 9.97 Å². The first kappa shape index (κ1) is 12.5. The number of hydrogen-bond donors (Lipinski definition) is 3. The first-order valence-corrected chi connectivity index (χ1v) is 4.99. The molecule has 1 heterocycles.